The van der Waals surface area contributed by atoms with Crippen LogP contribution in [0.5, 0.6) is 0 Å². The molecule has 0 fully saturated rings. The van der Waals surface area contributed by atoms with Gasteiger partial charge in [-0.05, 0) is 25.3 Å². The Balaban J connectivity index is 4.25. The summed E-state index contributed by atoms with van der Waals surface area (Å²) in [4.78, 5) is 24.0. The van der Waals surface area contributed by atoms with Crippen LogP contribution in [0, 0.1) is 5.92 Å². The van der Waals surface area contributed by atoms with Crippen LogP contribution in [-0.4, -0.2) is 55.2 Å². The zero-order chi connectivity index (χ0) is 14.7. The molecular weight excluding hydrogens is 248 g/mol. The summed E-state index contributed by atoms with van der Waals surface area (Å²) in [5.41, 5.74) is 5.51. The summed E-state index contributed by atoms with van der Waals surface area (Å²) in [6, 6.07) is 0. The molecule has 0 aliphatic rings. The highest BCUT2D eigenvalue weighted by atomic mass is 16.5. The van der Waals surface area contributed by atoms with Gasteiger partial charge >= 0.3 is 5.97 Å². The number of carbonyl (C=O) groups is 2. The van der Waals surface area contributed by atoms with Crippen LogP contribution in [0.1, 0.15) is 32.6 Å². The summed E-state index contributed by atoms with van der Waals surface area (Å²) in [7, 11) is 1.53. The molecule has 0 saturated carbocycles. The highest BCUT2D eigenvalue weighted by Crippen LogP contribution is 2.15. The minimum absolute atomic E-state index is 0.130. The van der Waals surface area contributed by atoms with Gasteiger partial charge in [0.25, 0.3) is 0 Å². The highest BCUT2D eigenvalue weighted by Gasteiger charge is 2.17. The van der Waals surface area contributed by atoms with E-state index in [-0.39, 0.29) is 12.5 Å². The number of carboxylic acid groups (broad SMARTS) is 1. The second-order valence-corrected chi connectivity index (χ2v) is 4.59. The highest BCUT2D eigenvalue weighted by molar-refractivity contribution is 5.81. The number of rotatable bonds is 11. The zero-order valence-electron chi connectivity index (χ0n) is 11.9. The van der Waals surface area contributed by atoms with Gasteiger partial charge in [0.2, 0.25) is 5.91 Å². The van der Waals surface area contributed by atoms with Crippen LogP contribution >= 0.6 is 0 Å². The van der Waals surface area contributed by atoms with E-state index in [0.29, 0.717) is 32.0 Å². The lowest BCUT2D eigenvalue weighted by Crippen LogP contribution is -2.38. The van der Waals surface area contributed by atoms with Gasteiger partial charge in [0, 0.05) is 20.1 Å². The largest absolute Gasteiger partial charge is 0.480 e. The second-order valence-electron chi connectivity index (χ2n) is 4.59. The van der Waals surface area contributed by atoms with E-state index >= 15 is 0 Å². The van der Waals surface area contributed by atoms with E-state index in [4.69, 9.17) is 15.6 Å². The number of aliphatic carboxylic acids is 1. The Hall–Kier alpha value is -1.14. The van der Waals surface area contributed by atoms with Crippen LogP contribution in [0.15, 0.2) is 0 Å². The van der Waals surface area contributed by atoms with Crippen molar-refractivity contribution >= 4 is 11.9 Å². The maximum absolute atomic E-state index is 12.0. The van der Waals surface area contributed by atoms with Crippen molar-refractivity contribution < 1.29 is 19.4 Å². The van der Waals surface area contributed by atoms with Gasteiger partial charge in [-0.25, -0.2) is 0 Å². The molecule has 0 aromatic rings. The van der Waals surface area contributed by atoms with E-state index in [0.717, 1.165) is 19.3 Å². The molecule has 3 N–H and O–H groups in total. The summed E-state index contributed by atoms with van der Waals surface area (Å²) in [5, 5.41) is 8.79. The van der Waals surface area contributed by atoms with E-state index in [9.17, 15) is 9.59 Å². The molecule has 0 spiro atoms. The molecule has 0 aromatic heterocycles. The molecule has 0 aliphatic carbocycles. The Labute approximate surface area is 114 Å². The minimum atomic E-state index is -1.00. The fourth-order valence-corrected chi connectivity index (χ4v) is 1.93. The molecule has 0 heterocycles. The molecule has 19 heavy (non-hydrogen) atoms. The summed E-state index contributed by atoms with van der Waals surface area (Å²) >= 11 is 0. The third kappa shape index (κ3) is 8.56. The first-order valence-electron chi connectivity index (χ1n) is 6.73. The molecule has 0 aromatic carbocycles. The van der Waals surface area contributed by atoms with Crippen molar-refractivity contribution in [2.75, 3.05) is 33.4 Å². The van der Waals surface area contributed by atoms with Crippen LogP contribution in [0.3, 0.4) is 0 Å². The van der Waals surface area contributed by atoms with Gasteiger partial charge in [0.15, 0.2) is 0 Å². The van der Waals surface area contributed by atoms with Gasteiger partial charge < -0.3 is 20.5 Å². The van der Waals surface area contributed by atoms with E-state index in [1.165, 1.54) is 12.0 Å². The second kappa shape index (κ2) is 10.8. The molecule has 0 saturated heterocycles. The lowest BCUT2D eigenvalue weighted by atomic mass is 9.96. The maximum Gasteiger partial charge on any atom is 0.323 e. The van der Waals surface area contributed by atoms with E-state index in [1.807, 2.05) is 0 Å². The van der Waals surface area contributed by atoms with Crippen LogP contribution in [0.2, 0.25) is 0 Å². The smallest absolute Gasteiger partial charge is 0.323 e. The van der Waals surface area contributed by atoms with Gasteiger partial charge in [-0.2, -0.15) is 0 Å². The summed E-state index contributed by atoms with van der Waals surface area (Å²) < 4.78 is 4.89. The molecule has 0 bridgehead atoms. The van der Waals surface area contributed by atoms with Crippen molar-refractivity contribution in [2.24, 2.45) is 11.7 Å². The predicted molar refractivity (Wildman–Crippen MR) is 72.8 cm³/mol. The Kier molecular flexibility index (Phi) is 10.1. The van der Waals surface area contributed by atoms with Crippen molar-refractivity contribution in [3.05, 3.63) is 0 Å². The Morgan fingerprint density at radius 1 is 1.37 bits per heavy atom. The average Bonchev–Trinajstić information content (AvgIpc) is 2.38. The zero-order valence-corrected chi connectivity index (χ0v) is 11.9. The number of hydrogen-bond donors (Lipinski definition) is 2. The van der Waals surface area contributed by atoms with Crippen LogP contribution in [0.4, 0.5) is 0 Å². The molecule has 1 unspecified atom stereocenters. The van der Waals surface area contributed by atoms with Crippen molar-refractivity contribution in [1.29, 1.82) is 0 Å². The standard InChI is InChI=1S/C13H26N2O4/c1-3-11(6-7-14)4-5-12(16)15(8-9-19-2)10-13(17)18/h11H,3-10,14H2,1-2H3,(H,17,18). The van der Waals surface area contributed by atoms with Crippen molar-refractivity contribution in [1.82, 2.24) is 4.90 Å². The third-order valence-electron chi connectivity index (χ3n) is 3.16. The Morgan fingerprint density at radius 3 is 2.53 bits per heavy atom. The maximum atomic E-state index is 12.0. The van der Waals surface area contributed by atoms with Gasteiger partial charge in [-0.1, -0.05) is 13.3 Å². The molecule has 0 rings (SSSR count). The summed E-state index contributed by atoms with van der Waals surface area (Å²) in [6.07, 6.45) is 3.02. The first-order chi connectivity index (χ1) is 9.04. The van der Waals surface area contributed by atoms with Crippen molar-refractivity contribution in [3.8, 4) is 0 Å². The number of hydrogen-bond acceptors (Lipinski definition) is 4. The van der Waals surface area contributed by atoms with E-state index in [1.54, 1.807) is 0 Å². The average molecular weight is 274 g/mol. The van der Waals surface area contributed by atoms with Gasteiger partial charge in [0.05, 0.1) is 6.61 Å². The summed E-state index contributed by atoms with van der Waals surface area (Å²) in [6.45, 7) is 3.09. The quantitative estimate of drug-likeness (QED) is 0.578. The number of methoxy groups -OCH3 is 1. The van der Waals surface area contributed by atoms with E-state index < -0.39 is 5.97 Å². The molecule has 0 radical (unpaired) electrons. The van der Waals surface area contributed by atoms with Gasteiger partial charge in [-0.15, -0.1) is 0 Å². The topological polar surface area (TPSA) is 92.9 Å². The molecule has 1 amide bonds. The molecule has 1 atom stereocenters. The Bertz CT molecular complexity index is 271. The van der Waals surface area contributed by atoms with Gasteiger partial charge in [-0.3, -0.25) is 9.59 Å². The molecular formula is C13H26N2O4. The molecule has 6 heteroatoms. The number of amides is 1. The van der Waals surface area contributed by atoms with Gasteiger partial charge in [0.1, 0.15) is 6.54 Å². The van der Waals surface area contributed by atoms with Crippen LogP contribution in [0.25, 0.3) is 0 Å². The first kappa shape index (κ1) is 17.9. The third-order valence-corrected chi connectivity index (χ3v) is 3.16. The Morgan fingerprint density at radius 2 is 2.05 bits per heavy atom. The number of ether oxygens (including phenoxy) is 1. The van der Waals surface area contributed by atoms with E-state index in [2.05, 4.69) is 6.92 Å². The monoisotopic (exact) mass is 274 g/mol. The normalized spacial score (nSPS) is 12.2. The summed E-state index contributed by atoms with van der Waals surface area (Å²) in [5.74, 6) is -0.698. The predicted octanol–water partition coefficient (Wildman–Crippen LogP) is 0.701. The van der Waals surface area contributed by atoms with Crippen LogP contribution in [-0.2, 0) is 14.3 Å². The SMILES string of the molecule is CCC(CCN)CCC(=O)N(CCOC)CC(=O)O. The number of carboxylic acids is 1. The lowest BCUT2D eigenvalue weighted by molar-refractivity contribution is -0.145. The molecule has 0 aliphatic heterocycles. The number of nitrogens with two attached hydrogens (primary N) is 1. The van der Waals surface area contributed by atoms with Crippen molar-refractivity contribution in [2.45, 2.75) is 32.6 Å². The molecule has 6 nitrogen and oxygen atoms in total. The minimum Gasteiger partial charge on any atom is -0.480 e. The van der Waals surface area contributed by atoms with Crippen molar-refractivity contribution in [3.63, 3.8) is 0 Å². The number of nitrogens with zero attached hydrogens (tertiary/aromatic N) is 1. The fraction of sp³-hybridized carbons (Fsp3) is 0.846. The number of carbonyl (C=O) groups excluding carboxylic acids is 1. The fourth-order valence-electron chi connectivity index (χ4n) is 1.93. The first-order valence-corrected chi connectivity index (χ1v) is 6.73. The van der Waals surface area contributed by atoms with Crippen LogP contribution < -0.4 is 5.73 Å². The lowest BCUT2D eigenvalue weighted by Gasteiger charge is -2.21. The molecule has 112 valence electrons.